The minimum absolute atomic E-state index is 0.0398. The number of aromatic hydroxyl groups is 1. The van der Waals surface area contributed by atoms with E-state index < -0.39 is 18.5 Å². The van der Waals surface area contributed by atoms with Gasteiger partial charge in [0.15, 0.2) is 6.61 Å². The van der Waals surface area contributed by atoms with E-state index in [0.717, 1.165) is 11.3 Å². The number of ether oxygens (including phenoxy) is 2. The molecule has 2 N–H and O–H groups in total. The standard InChI is InChI=1S/C18H19NO5/c1-12-4-3-5-15(17(12)21)18(22)24-11-16(20)19-10-13-6-8-14(23-2)9-7-13/h3-9,21H,10-11H2,1-2H3,(H,19,20). The van der Waals surface area contributed by atoms with Gasteiger partial charge in [0, 0.05) is 6.54 Å². The van der Waals surface area contributed by atoms with Crippen molar-refractivity contribution in [2.45, 2.75) is 13.5 Å². The van der Waals surface area contributed by atoms with E-state index in [-0.39, 0.29) is 11.3 Å². The van der Waals surface area contributed by atoms with E-state index in [4.69, 9.17) is 9.47 Å². The van der Waals surface area contributed by atoms with Gasteiger partial charge in [-0.1, -0.05) is 24.3 Å². The number of hydrogen-bond donors (Lipinski definition) is 2. The van der Waals surface area contributed by atoms with Crippen LogP contribution in [0, 0.1) is 6.92 Å². The summed E-state index contributed by atoms with van der Waals surface area (Å²) in [6, 6.07) is 12.0. The van der Waals surface area contributed by atoms with E-state index in [1.165, 1.54) is 6.07 Å². The fourth-order valence-electron chi connectivity index (χ4n) is 2.03. The topological polar surface area (TPSA) is 84.9 Å². The normalized spacial score (nSPS) is 10.1. The second kappa shape index (κ2) is 8.01. The molecule has 2 aromatic rings. The molecule has 0 aliphatic rings. The Hall–Kier alpha value is -3.02. The molecule has 0 aromatic heterocycles. The van der Waals surface area contributed by atoms with E-state index in [9.17, 15) is 14.7 Å². The maximum absolute atomic E-state index is 11.9. The molecule has 0 saturated carbocycles. The van der Waals surface area contributed by atoms with Crippen molar-refractivity contribution in [3.63, 3.8) is 0 Å². The number of methoxy groups -OCH3 is 1. The molecule has 0 saturated heterocycles. The highest BCUT2D eigenvalue weighted by Gasteiger charge is 2.15. The third-order valence-electron chi connectivity index (χ3n) is 3.44. The Morgan fingerprint density at radius 3 is 2.50 bits per heavy atom. The van der Waals surface area contributed by atoms with Gasteiger partial charge in [0.25, 0.3) is 5.91 Å². The lowest BCUT2D eigenvalue weighted by Gasteiger charge is -2.09. The van der Waals surface area contributed by atoms with Crippen LogP contribution in [0.4, 0.5) is 0 Å². The number of carbonyl (C=O) groups is 2. The zero-order valence-corrected chi connectivity index (χ0v) is 13.5. The highest BCUT2D eigenvalue weighted by atomic mass is 16.5. The van der Waals surface area contributed by atoms with Crippen LogP contribution in [0.2, 0.25) is 0 Å². The van der Waals surface area contributed by atoms with Crippen molar-refractivity contribution >= 4 is 11.9 Å². The van der Waals surface area contributed by atoms with Crippen LogP contribution in [-0.4, -0.2) is 30.7 Å². The first kappa shape index (κ1) is 17.3. The molecule has 0 radical (unpaired) electrons. The number of hydrogen-bond acceptors (Lipinski definition) is 5. The Morgan fingerprint density at radius 1 is 1.12 bits per heavy atom. The SMILES string of the molecule is COc1ccc(CNC(=O)COC(=O)c2cccc(C)c2O)cc1. The second-order valence-corrected chi connectivity index (χ2v) is 5.17. The first-order valence-electron chi connectivity index (χ1n) is 7.36. The van der Waals surface area contributed by atoms with Crippen molar-refractivity contribution in [3.05, 3.63) is 59.2 Å². The highest BCUT2D eigenvalue weighted by Crippen LogP contribution is 2.21. The lowest BCUT2D eigenvalue weighted by atomic mass is 10.1. The predicted molar refractivity (Wildman–Crippen MR) is 88.0 cm³/mol. The molecule has 0 aliphatic heterocycles. The molecule has 1 amide bonds. The van der Waals surface area contributed by atoms with Gasteiger partial charge in [0.1, 0.15) is 17.1 Å². The van der Waals surface area contributed by atoms with Gasteiger partial charge in [-0.2, -0.15) is 0 Å². The van der Waals surface area contributed by atoms with Gasteiger partial charge in [0.05, 0.1) is 7.11 Å². The number of phenolic OH excluding ortho intramolecular Hbond substituents is 1. The summed E-state index contributed by atoms with van der Waals surface area (Å²) in [5.41, 5.74) is 1.50. The molecule has 0 aliphatic carbocycles. The fraction of sp³-hybridized carbons (Fsp3) is 0.222. The van der Waals surface area contributed by atoms with Crippen LogP contribution in [0.15, 0.2) is 42.5 Å². The number of phenols is 1. The Bertz CT molecular complexity index is 725. The summed E-state index contributed by atoms with van der Waals surface area (Å²) < 4.78 is 9.97. The van der Waals surface area contributed by atoms with Crippen molar-refractivity contribution in [1.29, 1.82) is 0 Å². The monoisotopic (exact) mass is 329 g/mol. The quantitative estimate of drug-likeness (QED) is 0.794. The number of rotatable bonds is 6. The van der Waals surface area contributed by atoms with Gasteiger partial charge in [-0.3, -0.25) is 4.79 Å². The molecule has 0 spiro atoms. The van der Waals surface area contributed by atoms with Crippen molar-refractivity contribution in [3.8, 4) is 11.5 Å². The van der Waals surface area contributed by atoms with Gasteiger partial charge in [0.2, 0.25) is 0 Å². The summed E-state index contributed by atoms with van der Waals surface area (Å²) in [6.07, 6.45) is 0. The molecule has 0 unspecified atom stereocenters. The minimum Gasteiger partial charge on any atom is -0.507 e. The van der Waals surface area contributed by atoms with Crippen LogP contribution in [0.3, 0.4) is 0 Å². The maximum atomic E-state index is 11.9. The van der Waals surface area contributed by atoms with Crippen molar-refractivity contribution in [2.24, 2.45) is 0 Å². The molecule has 2 aromatic carbocycles. The molecule has 0 bridgehead atoms. The zero-order valence-electron chi connectivity index (χ0n) is 13.5. The zero-order chi connectivity index (χ0) is 17.5. The third kappa shape index (κ3) is 4.49. The Morgan fingerprint density at radius 2 is 1.83 bits per heavy atom. The van der Waals surface area contributed by atoms with Gasteiger partial charge in [-0.15, -0.1) is 0 Å². The van der Waals surface area contributed by atoms with Crippen molar-refractivity contribution < 1.29 is 24.2 Å². The molecular weight excluding hydrogens is 310 g/mol. The summed E-state index contributed by atoms with van der Waals surface area (Å²) in [6.45, 7) is 1.58. The Kier molecular flexibility index (Phi) is 5.78. The summed E-state index contributed by atoms with van der Waals surface area (Å²) >= 11 is 0. The summed E-state index contributed by atoms with van der Waals surface area (Å²) in [7, 11) is 1.58. The molecule has 6 heteroatoms. The average Bonchev–Trinajstić information content (AvgIpc) is 2.60. The van der Waals surface area contributed by atoms with Gasteiger partial charge >= 0.3 is 5.97 Å². The first-order chi connectivity index (χ1) is 11.5. The number of nitrogens with one attached hydrogen (secondary N) is 1. The first-order valence-corrected chi connectivity index (χ1v) is 7.36. The summed E-state index contributed by atoms with van der Waals surface area (Å²) in [5.74, 6) is -0.569. The van der Waals surface area contributed by atoms with E-state index in [2.05, 4.69) is 5.32 Å². The van der Waals surface area contributed by atoms with E-state index in [1.807, 2.05) is 12.1 Å². The molecule has 24 heavy (non-hydrogen) atoms. The van der Waals surface area contributed by atoms with E-state index in [1.54, 1.807) is 38.3 Å². The minimum atomic E-state index is -0.740. The van der Waals surface area contributed by atoms with Crippen LogP contribution in [0.1, 0.15) is 21.5 Å². The molecule has 0 heterocycles. The Labute approximate surface area is 140 Å². The lowest BCUT2D eigenvalue weighted by Crippen LogP contribution is -2.28. The summed E-state index contributed by atoms with van der Waals surface area (Å²) in [4.78, 5) is 23.6. The van der Waals surface area contributed by atoms with E-state index in [0.29, 0.717) is 12.1 Å². The summed E-state index contributed by atoms with van der Waals surface area (Å²) in [5, 5.41) is 12.5. The number of esters is 1. The number of amides is 1. The number of carbonyl (C=O) groups excluding carboxylic acids is 2. The number of aryl methyl sites for hydroxylation is 1. The number of benzene rings is 2. The lowest BCUT2D eigenvalue weighted by molar-refractivity contribution is -0.124. The molecular formula is C18H19NO5. The molecule has 0 atom stereocenters. The molecule has 126 valence electrons. The van der Waals surface area contributed by atoms with Crippen molar-refractivity contribution in [1.82, 2.24) is 5.32 Å². The average molecular weight is 329 g/mol. The largest absolute Gasteiger partial charge is 0.507 e. The van der Waals surface area contributed by atoms with E-state index >= 15 is 0 Å². The van der Waals surface area contributed by atoms with Crippen LogP contribution in [-0.2, 0) is 16.1 Å². The second-order valence-electron chi connectivity index (χ2n) is 5.17. The van der Waals surface area contributed by atoms with Gasteiger partial charge in [-0.25, -0.2) is 4.79 Å². The van der Waals surface area contributed by atoms with Crippen LogP contribution < -0.4 is 10.1 Å². The van der Waals surface area contributed by atoms with Crippen LogP contribution in [0.5, 0.6) is 11.5 Å². The maximum Gasteiger partial charge on any atom is 0.342 e. The van der Waals surface area contributed by atoms with Crippen LogP contribution >= 0.6 is 0 Å². The third-order valence-corrected chi connectivity index (χ3v) is 3.44. The molecule has 2 rings (SSSR count). The smallest absolute Gasteiger partial charge is 0.342 e. The fourth-order valence-corrected chi connectivity index (χ4v) is 2.03. The van der Waals surface area contributed by atoms with Crippen molar-refractivity contribution in [2.75, 3.05) is 13.7 Å². The molecule has 6 nitrogen and oxygen atoms in total. The highest BCUT2D eigenvalue weighted by molar-refractivity contribution is 5.94. The van der Waals surface area contributed by atoms with Crippen LogP contribution in [0.25, 0.3) is 0 Å². The van der Waals surface area contributed by atoms with Gasteiger partial charge < -0.3 is 19.9 Å². The molecule has 0 fully saturated rings. The number of para-hydroxylation sites is 1. The Balaban J connectivity index is 1.82. The predicted octanol–water partition coefficient (Wildman–Crippen LogP) is 2.18. The van der Waals surface area contributed by atoms with Gasteiger partial charge in [-0.05, 0) is 36.2 Å².